The van der Waals surface area contributed by atoms with Crippen molar-refractivity contribution in [2.24, 2.45) is 5.92 Å². The number of carbonyl (C=O) groups excluding carboxylic acids is 1. The van der Waals surface area contributed by atoms with Gasteiger partial charge in [-0.15, -0.1) is 0 Å². The topological polar surface area (TPSA) is 20.3 Å². The molecule has 1 atom stereocenters. The van der Waals surface area contributed by atoms with Crippen molar-refractivity contribution in [1.82, 2.24) is 4.90 Å². The van der Waals surface area contributed by atoms with E-state index in [2.05, 4.69) is 20.4 Å². The maximum absolute atomic E-state index is 11.3. The van der Waals surface area contributed by atoms with E-state index in [1.54, 1.807) is 0 Å². The Morgan fingerprint density at radius 3 is 2.83 bits per heavy atom. The SMILES string of the molecule is C=CC(=O)N1CCCC1C(C)C. The lowest BCUT2D eigenvalue weighted by atomic mass is 10.0. The molecule has 1 unspecified atom stereocenters. The summed E-state index contributed by atoms with van der Waals surface area (Å²) in [4.78, 5) is 13.3. The van der Waals surface area contributed by atoms with Gasteiger partial charge in [0.25, 0.3) is 0 Å². The Bertz CT molecular complexity index is 186. The molecule has 2 heteroatoms. The maximum Gasteiger partial charge on any atom is 0.246 e. The Kier molecular flexibility index (Phi) is 2.90. The molecule has 0 bridgehead atoms. The first kappa shape index (κ1) is 9.30. The van der Waals surface area contributed by atoms with Gasteiger partial charge in [-0.3, -0.25) is 4.79 Å². The fraction of sp³-hybridized carbons (Fsp3) is 0.700. The first-order valence-corrected chi connectivity index (χ1v) is 4.60. The number of nitrogens with zero attached hydrogens (tertiary/aromatic N) is 1. The summed E-state index contributed by atoms with van der Waals surface area (Å²) in [6.45, 7) is 8.75. The summed E-state index contributed by atoms with van der Waals surface area (Å²) >= 11 is 0. The van der Waals surface area contributed by atoms with E-state index in [9.17, 15) is 4.79 Å². The molecule has 12 heavy (non-hydrogen) atoms. The molecule has 1 rings (SSSR count). The van der Waals surface area contributed by atoms with E-state index >= 15 is 0 Å². The van der Waals surface area contributed by atoms with E-state index in [1.165, 1.54) is 6.08 Å². The van der Waals surface area contributed by atoms with Crippen LogP contribution < -0.4 is 0 Å². The van der Waals surface area contributed by atoms with Crippen LogP contribution >= 0.6 is 0 Å². The van der Waals surface area contributed by atoms with Crippen molar-refractivity contribution in [3.63, 3.8) is 0 Å². The molecule has 0 N–H and O–H groups in total. The number of hydrogen-bond donors (Lipinski definition) is 0. The van der Waals surface area contributed by atoms with Gasteiger partial charge in [-0.25, -0.2) is 0 Å². The molecule has 1 saturated heterocycles. The quantitative estimate of drug-likeness (QED) is 0.574. The third kappa shape index (κ3) is 1.68. The summed E-state index contributed by atoms with van der Waals surface area (Å²) < 4.78 is 0. The third-order valence-electron chi connectivity index (χ3n) is 2.53. The molecule has 0 saturated carbocycles. The highest BCUT2D eigenvalue weighted by Gasteiger charge is 2.28. The van der Waals surface area contributed by atoms with Crippen molar-refractivity contribution >= 4 is 5.91 Å². The average molecular weight is 167 g/mol. The van der Waals surface area contributed by atoms with Crippen LogP contribution in [0.15, 0.2) is 12.7 Å². The molecule has 0 aromatic carbocycles. The first-order valence-electron chi connectivity index (χ1n) is 4.60. The van der Waals surface area contributed by atoms with Crippen LogP contribution in [0.1, 0.15) is 26.7 Å². The standard InChI is InChI=1S/C10H17NO/c1-4-10(12)11-7-5-6-9(11)8(2)3/h4,8-9H,1,5-7H2,2-3H3. The predicted molar refractivity (Wildman–Crippen MR) is 49.8 cm³/mol. The van der Waals surface area contributed by atoms with Gasteiger partial charge in [0, 0.05) is 12.6 Å². The molecule has 0 aliphatic carbocycles. The number of carbonyl (C=O) groups is 1. The lowest BCUT2D eigenvalue weighted by Gasteiger charge is -2.26. The van der Waals surface area contributed by atoms with Gasteiger partial charge in [0.15, 0.2) is 0 Å². The summed E-state index contributed by atoms with van der Waals surface area (Å²) in [5.41, 5.74) is 0. The van der Waals surface area contributed by atoms with E-state index in [-0.39, 0.29) is 5.91 Å². The molecule has 2 nitrogen and oxygen atoms in total. The average Bonchev–Trinajstić information content (AvgIpc) is 2.50. The Hall–Kier alpha value is -0.790. The monoisotopic (exact) mass is 167 g/mol. The molecule has 0 aromatic heterocycles. The van der Waals surface area contributed by atoms with Crippen LogP contribution in [0.2, 0.25) is 0 Å². The van der Waals surface area contributed by atoms with Gasteiger partial charge in [0.2, 0.25) is 5.91 Å². The lowest BCUT2D eigenvalue weighted by Crippen LogP contribution is -2.37. The highest BCUT2D eigenvalue weighted by Crippen LogP contribution is 2.23. The molecular weight excluding hydrogens is 150 g/mol. The van der Waals surface area contributed by atoms with Crippen molar-refractivity contribution in [2.75, 3.05) is 6.54 Å². The van der Waals surface area contributed by atoms with E-state index in [0.717, 1.165) is 19.4 Å². The summed E-state index contributed by atoms with van der Waals surface area (Å²) in [5, 5.41) is 0. The number of rotatable bonds is 2. The third-order valence-corrected chi connectivity index (χ3v) is 2.53. The summed E-state index contributed by atoms with van der Waals surface area (Å²) in [6.07, 6.45) is 3.71. The fourth-order valence-electron chi connectivity index (χ4n) is 1.88. The van der Waals surface area contributed by atoms with Crippen LogP contribution in [0.3, 0.4) is 0 Å². The zero-order valence-corrected chi connectivity index (χ0v) is 7.92. The van der Waals surface area contributed by atoms with Crippen molar-refractivity contribution in [3.8, 4) is 0 Å². The second-order valence-electron chi connectivity index (χ2n) is 3.69. The highest BCUT2D eigenvalue weighted by atomic mass is 16.2. The fourth-order valence-corrected chi connectivity index (χ4v) is 1.88. The van der Waals surface area contributed by atoms with Gasteiger partial charge in [-0.2, -0.15) is 0 Å². The Balaban J connectivity index is 2.63. The van der Waals surface area contributed by atoms with E-state index < -0.39 is 0 Å². The molecule has 0 aromatic rings. The van der Waals surface area contributed by atoms with Crippen molar-refractivity contribution in [2.45, 2.75) is 32.7 Å². The normalized spacial score (nSPS) is 23.2. The summed E-state index contributed by atoms with van der Waals surface area (Å²) in [5.74, 6) is 0.655. The molecule has 1 aliphatic heterocycles. The smallest absolute Gasteiger partial charge is 0.246 e. The number of hydrogen-bond acceptors (Lipinski definition) is 1. The predicted octanol–water partition coefficient (Wildman–Crippen LogP) is 1.82. The van der Waals surface area contributed by atoms with Gasteiger partial charge in [-0.05, 0) is 24.8 Å². The summed E-state index contributed by atoms with van der Waals surface area (Å²) in [6, 6.07) is 0.440. The van der Waals surface area contributed by atoms with Gasteiger partial charge in [-0.1, -0.05) is 20.4 Å². The van der Waals surface area contributed by atoms with Crippen LogP contribution in [-0.2, 0) is 4.79 Å². The van der Waals surface area contributed by atoms with Crippen LogP contribution in [0.4, 0.5) is 0 Å². The zero-order chi connectivity index (χ0) is 9.14. The van der Waals surface area contributed by atoms with Crippen LogP contribution in [0, 0.1) is 5.92 Å². The summed E-state index contributed by atoms with van der Waals surface area (Å²) in [7, 11) is 0. The van der Waals surface area contributed by atoms with E-state index in [4.69, 9.17) is 0 Å². The van der Waals surface area contributed by atoms with Gasteiger partial charge in [0.1, 0.15) is 0 Å². The molecular formula is C10H17NO. The zero-order valence-electron chi connectivity index (χ0n) is 7.92. The lowest BCUT2D eigenvalue weighted by molar-refractivity contribution is -0.127. The molecule has 0 radical (unpaired) electrons. The second kappa shape index (κ2) is 3.74. The molecule has 1 amide bonds. The molecule has 1 fully saturated rings. The van der Waals surface area contributed by atoms with Crippen LogP contribution in [0.25, 0.3) is 0 Å². The minimum Gasteiger partial charge on any atom is -0.336 e. The van der Waals surface area contributed by atoms with Gasteiger partial charge < -0.3 is 4.90 Å². The van der Waals surface area contributed by atoms with Crippen molar-refractivity contribution < 1.29 is 4.79 Å². The first-order chi connectivity index (χ1) is 5.66. The molecule has 0 spiro atoms. The minimum absolute atomic E-state index is 0.0891. The minimum atomic E-state index is 0.0891. The molecule has 68 valence electrons. The molecule has 1 aliphatic rings. The highest BCUT2D eigenvalue weighted by molar-refractivity contribution is 5.87. The van der Waals surface area contributed by atoms with Crippen LogP contribution in [-0.4, -0.2) is 23.4 Å². The number of amides is 1. The Labute approximate surface area is 74.2 Å². The largest absolute Gasteiger partial charge is 0.336 e. The number of likely N-dealkylation sites (tertiary alicyclic amines) is 1. The van der Waals surface area contributed by atoms with Crippen LogP contribution in [0.5, 0.6) is 0 Å². The second-order valence-corrected chi connectivity index (χ2v) is 3.69. The van der Waals surface area contributed by atoms with Gasteiger partial charge >= 0.3 is 0 Å². The van der Waals surface area contributed by atoms with E-state index in [0.29, 0.717) is 12.0 Å². The van der Waals surface area contributed by atoms with Crippen molar-refractivity contribution in [1.29, 1.82) is 0 Å². The molecule has 1 heterocycles. The Morgan fingerprint density at radius 1 is 1.67 bits per heavy atom. The maximum atomic E-state index is 11.3. The van der Waals surface area contributed by atoms with E-state index in [1.807, 2.05) is 4.90 Å². The van der Waals surface area contributed by atoms with Crippen molar-refractivity contribution in [3.05, 3.63) is 12.7 Å². The Morgan fingerprint density at radius 2 is 2.33 bits per heavy atom. The van der Waals surface area contributed by atoms with Gasteiger partial charge in [0.05, 0.1) is 0 Å².